The van der Waals surface area contributed by atoms with Crippen LogP contribution in [0.5, 0.6) is 0 Å². The van der Waals surface area contributed by atoms with Gasteiger partial charge in [0, 0.05) is 6.92 Å². The molecule has 0 fully saturated rings. The van der Waals surface area contributed by atoms with Crippen LogP contribution in [0.4, 0.5) is 5.13 Å². The van der Waals surface area contributed by atoms with Gasteiger partial charge in [0.1, 0.15) is 12.6 Å². The molecule has 1 rings (SSSR count). The molecule has 0 bridgehead atoms. The summed E-state index contributed by atoms with van der Waals surface area (Å²) in [6.45, 7) is 1.59. The van der Waals surface area contributed by atoms with Crippen LogP contribution in [0.1, 0.15) is 6.92 Å². The van der Waals surface area contributed by atoms with E-state index in [1.54, 1.807) is 0 Å². The SMILES string of the molecule is CC(=O)Nc1nnc(S(=O)(=O)CC(O)C[N+](C)(C)C)s1. The van der Waals surface area contributed by atoms with Crippen molar-refractivity contribution in [3.8, 4) is 0 Å². The van der Waals surface area contributed by atoms with Gasteiger partial charge in [0.05, 0.1) is 26.9 Å². The van der Waals surface area contributed by atoms with Crippen LogP contribution in [0, 0.1) is 0 Å². The second kappa shape index (κ2) is 6.12. The topological polar surface area (TPSA) is 109 Å². The first-order valence-electron chi connectivity index (χ1n) is 5.82. The number of aliphatic hydroxyl groups is 1. The third kappa shape index (κ3) is 5.49. The predicted octanol–water partition coefficient (Wildman–Crippen LogP) is -0.663. The average Bonchev–Trinajstić information content (AvgIpc) is 2.61. The van der Waals surface area contributed by atoms with Gasteiger partial charge in [0.2, 0.25) is 25.2 Å². The maximum atomic E-state index is 12.1. The molecule has 0 saturated carbocycles. The van der Waals surface area contributed by atoms with Gasteiger partial charge in [-0.2, -0.15) is 0 Å². The molecule has 1 unspecified atom stereocenters. The molecule has 10 heteroatoms. The van der Waals surface area contributed by atoms with Crippen LogP contribution in [0.2, 0.25) is 0 Å². The second-order valence-corrected chi connectivity index (χ2v) is 8.65. The molecule has 1 heterocycles. The molecule has 114 valence electrons. The summed E-state index contributed by atoms with van der Waals surface area (Å²) >= 11 is 0.770. The Morgan fingerprint density at radius 1 is 1.40 bits per heavy atom. The fraction of sp³-hybridized carbons (Fsp3) is 0.700. The van der Waals surface area contributed by atoms with Gasteiger partial charge in [0.25, 0.3) is 0 Å². The number of rotatable bonds is 6. The Balaban J connectivity index is 2.78. The number of amides is 1. The highest BCUT2D eigenvalue weighted by Gasteiger charge is 2.27. The summed E-state index contributed by atoms with van der Waals surface area (Å²) in [5.74, 6) is -0.771. The predicted molar refractivity (Wildman–Crippen MR) is 75.2 cm³/mol. The molecule has 0 aliphatic rings. The number of likely N-dealkylation sites (N-methyl/N-ethyl adjacent to an activating group) is 1. The summed E-state index contributed by atoms with van der Waals surface area (Å²) in [5, 5.41) is 19.4. The Kier molecular flexibility index (Phi) is 5.19. The van der Waals surface area contributed by atoms with Gasteiger partial charge in [-0.3, -0.25) is 4.79 Å². The molecule has 1 aromatic heterocycles. The van der Waals surface area contributed by atoms with Gasteiger partial charge in [-0.05, 0) is 0 Å². The fourth-order valence-corrected chi connectivity index (χ4v) is 3.94. The summed E-state index contributed by atoms with van der Waals surface area (Å²) < 4.78 is 24.4. The third-order valence-corrected chi connectivity index (χ3v) is 5.21. The standard InChI is InChI=1S/C10H18N4O4S2/c1-7(15)11-9-12-13-10(19-9)20(17,18)6-8(16)5-14(2,3)4/h8,16H,5-6H2,1-4H3/p+1. The normalized spacial score (nSPS) is 14.1. The lowest BCUT2D eigenvalue weighted by Gasteiger charge is -2.26. The minimum atomic E-state index is -3.71. The second-order valence-electron chi connectivity index (χ2n) is 5.46. The number of hydrogen-bond donors (Lipinski definition) is 2. The van der Waals surface area contributed by atoms with Crippen LogP contribution in [-0.4, -0.2) is 73.7 Å². The van der Waals surface area contributed by atoms with E-state index in [2.05, 4.69) is 15.5 Å². The Labute approximate surface area is 121 Å². The van der Waals surface area contributed by atoms with E-state index in [1.807, 2.05) is 21.1 Å². The maximum absolute atomic E-state index is 12.1. The third-order valence-electron chi connectivity index (χ3n) is 2.13. The molecular formula is C10H19N4O4S2+. The summed E-state index contributed by atoms with van der Waals surface area (Å²) in [5.41, 5.74) is 0. The number of carbonyl (C=O) groups excluding carboxylic acids is 1. The van der Waals surface area contributed by atoms with Gasteiger partial charge in [-0.15, -0.1) is 10.2 Å². The van der Waals surface area contributed by atoms with E-state index >= 15 is 0 Å². The summed E-state index contributed by atoms with van der Waals surface area (Å²) in [6.07, 6.45) is -0.992. The van der Waals surface area contributed by atoms with Gasteiger partial charge >= 0.3 is 0 Å². The number of carbonyl (C=O) groups is 1. The van der Waals surface area contributed by atoms with Crippen LogP contribution in [0.25, 0.3) is 0 Å². The minimum Gasteiger partial charge on any atom is -0.386 e. The van der Waals surface area contributed by atoms with E-state index in [9.17, 15) is 18.3 Å². The summed E-state index contributed by atoms with van der Waals surface area (Å²) in [4.78, 5) is 10.8. The molecule has 0 radical (unpaired) electrons. The number of quaternary nitrogens is 1. The van der Waals surface area contributed by atoms with Crippen molar-refractivity contribution in [2.75, 3.05) is 38.8 Å². The van der Waals surface area contributed by atoms with E-state index in [-0.39, 0.29) is 15.4 Å². The average molecular weight is 323 g/mol. The molecule has 0 aromatic carbocycles. The highest BCUT2D eigenvalue weighted by atomic mass is 32.2. The van der Waals surface area contributed by atoms with Gasteiger partial charge in [-0.25, -0.2) is 8.42 Å². The first-order chi connectivity index (χ1) is 8.99. The zero-order valence-electron chi connectivity index (χ0n) is 11.8. The van der Waals surface area contributed by atoms with Gasteiger partial charge in [0.15, 0.2) is 0 Å². The minimum absolute atomic E-state index is 0.122. The molecule has 20 heavy (non-hydrogen) atoms. The first-order valence-corrected chi connectivity index (χ1v) is 8.29. The summed E-state index contributed by atoms with van der Waals surface area (Å²) in [7, 11) is 1.86. The highest BCUT2D eigenvalue weighted by molar-refractivity contribution is 7.93. The molecule has 0 spiro atoms. The van der Waals surface area contributed by atoms with Crippen LogP contribution >= 0.6 is 11.3 Å². The maximum Gasteiger partial charge on any atom is 0.234 e. The molecule has 1 aromatic rings. The quantitative estimate of drug-likeness (QED) is 0.531. The van der Waals surface area contributed by atoms with E-state index in [0.29, 0.717) is 11.0 Å². The Hall–Kier alpha value is -1.10. The van der Waals surface area contributed by atoms with Crippen molar-refractivity contribution in [2.24, 2.45) is 0 Å². The van der Waals surface area contributed by atoms with Crippen LogP contribution in [0.15, 0.2) is 4.34 Å². The van der Waals surface area contributed by atoms with E-state index < -0.39 is 21.7 Å². The lowest BCUT2D eigenvalue weighted by Crippen LogP contribution is -2.43. The number of sulfone groups is 1. The van der Waals surface area contributed by atoms with Gasteiger partial charge in [-0.1, -0.05) is 11.3 Å². The lowest BCUT2D eigenvalue weighted by molar-refractivity contribution is -0.873. The van der Waals surface area contributed by atoms with Crippen molar-refractivity contribution in [3.05, 3.63) is 0 Å². The van der Waals surface area contributed by atoms with Crippen molar-refractivity contribution in [1.29, 1.82) is 0 Å². The number of hydrogen-bond acceptors (Lipinski definition) is 7. The van der Waals surface area contributed by atoms with Crippen LogP contribution < -0.4 is 5.32 Å². The van der Waals surface area contributed by atoms with E-state index in [1.165, 1.54) is 6.92 Å². The molecule has 1 atom stereocenters. The smallest absolute Gasteiger partial charge is 0.234 e. The zero-order chi connectivity index (χ0) is 15.6. The molecule has 0 aliphatic heterocycles. The number of nitrogens with one attached hydrogen (secondary N) is 1. The first kappa shape index (κ1) is 17.0. The number of aromatic nitrogens is 2. The number of nitrogens with zero attached hydrogens (tertiary/aromatic N) is 3. The molecular weight excluding hydrogens is 304 g/mol. The van der Waals surface area contributed by atoms with Gasteiger partial charge < -0.3 is 14.9 Å². The zero-order valence-corrected chi connectivity index (χ0v) is 13.5. The Bertz CT molecular complexity index is 576. The largest absolute Gasteiger partial charge is 0.386 e. The van der Waals surface area contributed by atoms with Crippen molar-refractivity contribution in [2.45, 2.75) is 17.4 Å². The molecule has 1 amide bonds. The fourth-order valence-electron chi connectivity index (χ4n) is 1.55. The van der Waals surface area contributed by atoms with E-state index in [0.717, 1.165) is 11.3 Å². The van der Waals surface area contributed by atoms with Crippen molar-refractivity contribution < 1.29 is 22.8 Å². The Morgan fingerprint density at radius 3 is 2.50 bits per heavy atom. The van der Waals surface area contributed by atoms with Crippen LogP contribution in [0.3, 0.4) is 0 Å². The molecule has 0 saturated heterocycles. The molecule has 8 nitrogen and oxygen atoms in total. The van der Waals surface area contributed by atoms with E-state index in [4.69, 9.17) is 0 Å². The number of anilines is 1. The van der Waals surface area contributed by atoms with Crippen molar-refractivity contribution in [3.63, 3.8) is 0 Å². The Morgan fingerprint density at radius 2 is 2.00 bits per heavy atom. The molecule has 2 N–H and O–H groups in total. The molecule has 0 aliphatic carbocycles. The lowest BCUT2D eigenvalue weighted by atomic mass is 10.3. The van der Waals surface area contributed by atoms with Crippen molar-refractivity contribution in [1.82, 2.24) is 10.2 Å². The highest BCUT2D eigenvalue weighted by Crippen LogP contribution is 2.21. The monoisotopic (exact) mass is 323 g/mol. The number of aliphatic hydroxyl groups excluding tert-OH is 1. The van der Waals surface area contributed by atoms with Crippen molar-refractivity contribution >= 4 is 32.2 Å². The van der Waals surface area contributed by atoms with Crippen LogP contribution in [-0.2, 0) is 14.6 Å². The summed E-state index contributed by atoms with van der Waals surface area (Å²) in [6, 6.07) is 0.